The number of ether oxygens (including phenoxy) is 2. The molecule has 3 rings (SSSR count). The molecule has 3 aromatic carbocycles. The average molecular weight is 351 g/mol. The van der Waals surface area contributed by atoms with Crippen LogP contribution >= 0.6 is 0 Å². The lowest BCUT2D eigenvalue weighted by Gasteiger charge is -2.15. The lowest BCUT2D eigenvalue weighted by molar-refractivity contribution is -0.0614. The first-order chi connectivity index (χ1) is 12.3. The first-order valence-corrected chi connectivity index (χ1v) is 9.73. The highest BCUT2D eigenvalue weighted by Gasteiger charge is 2.28. The Hall–Kier alpha value is -2.23. The van der Waals surface area contributed by atoms with Crippen molar-refractivity contribution in [2.24, 2.45) is 0 Å². The molecule has 0 heterocycles. The van der Waals surface area contributed by atoms with Crippen LogP contribution in [0.15, 0.2) is 99.6 Å². The van der Waals surface area contributed by atoms with Gasteiger partial charge < -0.3 is 9.47 Å². The van der Waals surface area contributed by atoms with Gasteiger partial charge in [-0.2, -0.15) is 0 Å². The van der Waals surface area contributed by atoms with Gasteiger partial charge in [0.2, 0.25) is 0 Å². The van der Waals surface area contributed by atoms with E-state index in [1.807, 2.05) is 19.9 Å². The molecule has 0 saturated heterocycles. The summed E-state index contributed by atoms with van der Waals surface area (Å²) in [7, 11) is -0.164. The molecule has 2 nitrogen and oxygen atoms in total. The Labute approximate surface area is 152 Å². The van der Waals surface area contributed by atoms with Crippen LogP contribution in [0.1, 0.15) is 13.8 Å². The van der Waals surface area contributed by atoms with Gasteiger partial charge in [-0.05, 0) is 50.2 Å². The van der Waals surface area contributed by atoms with Crippen LogP contribution in [0.5, 0.6) is 5.75 Å². The van der Waals surface area contributed by atoms with E-state index in [-0.39, 0.29) is 17.2 Å². The van der Waals surface area contributed by atoms with E-state index in [2.05, 4.69) is 78.9 Å². The molecule has 0 saturated carbocycles. The monoisotopic (exact) mass is 351 g/mol. The van der Waals surface area contributed by atoms with Gasteiger partial charge in [-0.25, -0.2) is 0 Å². The molecule has 0 radical (unpaired) electrons. The van der Waals surface area contributed by atoms with Crippen molar-refractivity contribution in [1.29, 1.82) is 0 Å². The predicted molar refractivity (Wildman–Crippen MR) is 103 cm³/mol. The minimum absolute atomic E-state index is 0.164. The van der Waals surface area contributed by atoms with E-state index in [9.17, 15) is 0 Å². The Balaban J connectivity index is 1.97. The Kier molecular flexibility index (Phi) is 6.15. The molecule has 3 aromatic rings. The van der Waals surface area contributed by atoms with Gasteiger partial charge in [-0.3, -0.25) is 0 Å². The third kappa shape index (κ3) is 4.65. The summed E-state index contributed by atoms with van der Waals surface area (Å²) in [4.78, 5) is 3.83. The van der Waals surface area contributed by atoms with Crippen molar-refractivity contribution in [3.63, 3.8) is 0 Å². The molecule has 25 heavy (non-hydrogen) atoms. The molecule has 0 spiro atoms. The van der Waals surface area contributed by atoms with E-state index < -0.39 is 0 Å². The fourth-order valence-electron chi connectivity index (χ4n) is 2.66. The van der Waals surface area contributed by atoms with E-state index >= 15 is 0 Å². The second-order valence-corrected chi connectivity index (χ2v) is 7.57. The van der Waals surface area contributed by atoms with Crippen LogP contribution in [0.3, 0.4) is 0 Å². The molecule has 128 valence electrons. The van der Waals surface area contributed by atoms with Crippen LogP contribution in [0.25, 0.3) is 0 Å². The van der Waals surface area contributed by atoms with Gasteiger partial charge in [-0.15, -0.1) is 0 Å². The predicted octanol–water partition coefficient (Wildman–Crippen LogP) is 5.54. The lowest BCUT2D eigenvalue weighted by Crippen LogP contribution is -2.16. The zero-order valence-electron chi connectivity index (χ0n) is 14.6. The van der Waals surface area contributed by atoms with Crippen LogP contribution in [0.2, 0.25) is 0 Å². The molecule has 1 unspecified atom stereocenters. The molecule has 3 heteroatoms. The minimum Gasteiger partial charge on any atom is -0.465 e. The third-order valence-corrected chi connectivity index (χ3v) is 5.91. The Morgan fingerprint density at radius 2 is 1.32 bits per heavy atom. The number of rotatable bonds is 7. The summed E-state index contributed by atoms with van der Waals surface area (Å²) in [5.74, 6) is 0.836. The molecule has 0 aliphatic carbocycles. The van der Waals surface area contributed by atoms with E-state index in [0.29, 0.717) is 6.61 Å². The molecule has 1 atom stereocenters. The van der Waals surface area contributed by atoms with Gasteiger partial charge in [0, 0.05) is 12.7 Å². The van der Waals surface area contributed by atoms with Crippen LogP contribution in [0.4, 0.5) is 0 Å². The van der Waals surface area contributed by atoms with Gasteiger partial charge in [0.05, 0.1) is 10.9 Å². The standard InChI is InChI=1S/C22H23O2S/c1-3-23-18(2)24-19-11-10-16-22(17-19)25(20-12-6-4-7-13-20)21-14-8-5-9-15-21/h4-18H,3H2,1-2H3/q+1. The van der Waals surface area contributed by atoms with Gasteiger partial charge in [0.25, 0.3) is 0 Å². The van der Waals surface area contributed by atoms with Crippen LogP contribution in [-0.2, 0) is 15.6 Å². The normalized spacial score (nSPS) is 12.1. The molecule has 0 aliphatic rings. The second kappa shape index (κ2) is 8.75. The number of hydrogen-bond acceptors (Lipinski definition) is 2. The fraction of sp³-hybridized carbons (Fsp3) is 0.182. The highest BCUT2D eigenvalue weighted by Crippen LogP contribution is 2.32. The van der Waals surface area contributed by atoms with Crippen LogP contribution in [0, 0.1) is 0 Å². The SMILES string of the molecule is CCOC(C)Oc1cccc([S+](c2ccccc2)c2ccccc2)c1. The molecule has 0 N–H and O–H groups in total. The zero-order chi connectivity index (χ0) is 17.5. The van der Waals surface area contributed by atoms with Crippen molar-refractivity contribution in [3.05, 3.63) is 84.9 Å². The van der Waals surface area contributed by atoms with E-state index in [0.717, 1.165) is 5.75 Å². The minimum atomic E-state index is -0.254. The summed E-state index contributed by atoms with van der Waals surface area (Å²) in [5.41, 5.74) is 0. The quantitative estimate of drug-likeness (QED) is 0.411. The van der Waals surface area contributed by atoms with Crippen molar-refractivity contribution in [1.82, 2.24) is 0 Å². The van der Waals surface area contributed by atoms with Crippen molar-refractivity contribution < 1.29 is 9.47 Å². The topological polar surface area (TPSA) is 18.5 Å². The second-order valence-electron chi connectivity index (χ2n) is 5.55. The summed E-state index contributed by atoms with van der Waals surface area (Å²) < 4.78 is 11.4. The summed E-state index contributed by atoms with van der Waals surface area (Å²) >= 11 is 0. The maximum atomic E-state index is 5.90. The average Bonchev–Trinajstić information content (AvgIpc) is 2.64. The highest BCUT2D eigenvalue weighted by molar-refractivity contribution is 7.97. The first-order valence-electron chi connectivity index (χ1n) is 8.50. The van der Waals surface area contributed by atoms with Crippen LogP contribution in [-0.4, -0.2) is 12.9 Å². The Morgan fingerprint density at radius 1 is 0.760 bits per heavy atom. The van der Waals surface area contributed by atoms with Gasteiger partial charge >= 0.3 is 0 Å². The molecule has 0 aromatic heterocycles. The molecular formula is C22H23O2S+. The van der Waals surface area contributed by atoms with Crippen molar-refractivity contribution in [3.8, 4) is 5.75 Å². The Morgan fingerprint density at radius 3 is 1.88 bits per heavy atom. The van der Waals surface area contributed by atoms with Crippen molar-refractivity contribution in [2.75, 3.05) is 6.61 Å². The smallest absolute Gasteiger partial charge is 0.196 e. The van der Waals surface area contributed by atoms with E-state index in [1.165, 1.54) is 14.7 Å². The lowest BCUT2D eigenvalue weighted by atomic mass is 10.3. The third-order valence-electron chi connectivity index (χ3n) is 3.70. The highest BCUT2D eigenvalue weighted by atomic mass is 32.2. The zero-order valence-corrected chi connectivity index (χ0v) is 15.4. The number of hydrogen-bond donors (Lipinski definition) is 0. The summed E-state index contributed by atoms with van der Waals surface area (Å²) in [5, 5.41) is 0. The summed E-state index contributed by atoms with van der Waals surface area (Å²) in [6.07, 6.45) is -0.254. The number of benzene rings is 3. The van der Waals surface area contributed by atoms with Crippen LogP contribution < -0.4 is 4.74 Å². The van der Waals surface area contributed by atoms with Crippen molar-refractivity contribution in [2.45, 2.75) is 34.8 Å². The molecule has 0 fully saturated rings. The maximum absolute atomic E-state index is 5.90. The fourth-order valence-corrected chi connectivity index (χ4v) is 4.78. The maximum Gasteiger partial charge on any atom is 0.196 e. The van der Waals surface area contributed by atoms with Gasteiger partial charge in [-0.1, -0.05) is 42.5 Å². The largest absolute Gasteiger partial charge is 0.465 e. The van der Waals surface area contributed by atoms with E-state index in [1.54, 1.807) is 0 Å². The molecule has 0 aliphatic heterocycles. The van der Waals surface area contributed by atoms with Gasteiger partial charge in [0.15, 0.2) is 21.0 Å². The summed E-state index contributed by atoms with van der Waals surface area (Å²) in [6.45, 7) is 4.53. The Bertz CT molecular complexity index is 735. The summed E-state index contributed by atoms with van der Waals surface area (Å²) in [6, 6.07) is 29.6. The molecular weight excluding hydrogens is 328 g/mol. The molecule has 0 bridgehead atoms. The van der Waals surface area contributed by atoms with Crippen molar-refractivity contribution >= 4 is 10.9 Å². The first kappa shape index (κ1) is 17.6. The van der Waals surface area contributed by atoms with Gasteiger partial charge in [0.1, 0.15) is 5.75 Å². The van der Waals surface area contributed by atoms with E-state index in [4.69, 9.17) is 9.47 Å². The molecule has 0 amide bonds.